The quantitative estimate of drug-likeness (QED) is 0.542. The number of fused-ring (bicyclic) bond motifs is 3. The highest BCUT2D eigenvalue weighted by molar-refractivity contribution is 7.89. The summed E-state index contributed by atoms with van der Waals surface area (Å²) in [6.07, 6.45) is 1.43. The van der Waals surface area contributed by atoms with Gasteiger partial charge in [-0.1, -0.05) is 19.9 Å². The van der Waals surface area contributed by atoms with E-state index >= 15 is 0 Å². The van der Waals surface area contributed by atoms with Gasteiger partial charge in [-0.25, -0.2) is 18.2 Å². The summed E-state index contributed by atoms with van der Waals surface area (Å²) in [6.45, 7) is 5.12. The summed E-state index contributed by atoms with van der Waals surface area (Å²) in [5.41, 5.74) is 11.2. The Labute approximate surface area is 181 Å². The van der Waals surface area contributed by atoms with E-state index in [0.29, 0.717) is 18.0 Å². The van der Waals surface area contributed by atoms with E-state index in [1.807, 2.05) is 0 Å². The largest absolute Gasteiger partial charge is 0.385 e. The molecule has 0 spiro atoms. The molecule has 1 aliphatic carbocycles. The number of primary sulfonamides is 1. The number of benzene rings is 2. The maximum absolute atomic E-state index is 12.1. The van der Waals surface area contributed by atoms with Crippen LogP contribution in [0.4, 0.5) is 5.69 Å². The first-order valence-electron chi connectivity index (χ1n) is 10.1. The molecular formula is C22H25N5O3S. The average Bonchev–Trinajstić information content (AvgIpc) is 3.12. The second-order valence-electron chi connectivity index (χ2n) is 8.14. The fourth-order valence-corrected chi connectivity index (χ4v) is 4.35. The predicted octanol–water partition coefficient (Wildman–Crippen LogP) is 2.45. The molecule has 1 aromatic heterocycles. The number of carbonyl (C=O) groups is 1. The first kappa shape index (κ1) is 21.1. The van der Waals surface area contributed by atoms with Crippen molar-refractivity contribution in [2.24, 2.45) is 16.8 Å². The van der Waals surface area contributed by atoms with E-state index in [9.17, 15) is 13.2 Å². The fraction of sp³-hybridized carbons (Fsp3) is 0.273. The number of amides is 1. The highest BCUT2D eigenvalue weighted by atomic mass is 32.2. The maximum atomic E-state index is 12.1. The van der Waals surface area contributed by atoms with Gasteiger partial charge in [-0.15, -0.1) is 0 Å². The Morgan fingerprint density at radius 2 is 1.87 bits per heavy atom. The molecule has 0 radical (unpaired) electrons. The average molecular weight is 440 g/mol. The minimum Gasteiger partial charge on any atom is -0.385 e. The van der Waals surface area contributed by atoms with Gasteiger partial charge in [0.15, 0.2) is 5.69 Å². The van der Waals surface area contributed by atoms with Gasteiger partial charge in [-0.05, 0) is 60.7 Å². The zero-order valence-corrected chi connectivity index (χ0v) is 18.2. The van der Waals surface area contributed by atoms with Crippen LogP contribution in [0.25, 0.3) is 16.9 Å². The number of hydrogen-bond donors (Lipinski definition) is 3. The first-order valence-corrected chi connectivity index (χ1v) is 11.6. The Bertz CT molecular complexity index is 1260. The molecule has 31 heavy (non-hydrogen) atoms. The van der Waals surface area contributed by atoms with E-state index in [4.69, 9.17) is 10.9 Å². The van der Waals surface area contributed by atoms with Crippen LogP contribution < -0.4 is 16.2 Å². The molecule has 0 saturated carbocycles. The van der Waals surface area contributed by atoms with Gasteiger partial charge in [-0.2, -0.15) is 5.10 Å². The smallest absolute Gasteiger partial charge is 0.269 e. The van der Waals surface area contributed by atoms with Crippen LogP contribution >= 0.6 is 0 Å². The summed E-state index contributed by atoms with van der Waals surface area (Å²) < 4.78 is 24.9. The summed E-state index contributed by atoms with van der Waals surface area (Å²) in [7, 11) is -3.81. The molecule has 0 atom stereocenters. The van der Waals surface area contributed by atoms with E-state index in [-0.39, 0.29) is 10.6 Å². The molecule has 5 N–H and O–H groups in total. The zero-order valence-electron chi connectivity index (χ0n) is 17.4. The minimum atomic E-state index is -3.81. The molecule has 0 fully saturated rings. The molecular weight excluding hydrogens is 414 g/mol. The number of carbonyl (C=O) groups excluding carboxylic acids is 1. The molecule has 3 aromatic rings. The van der Waals surface area contributed by atoms with Gasteiger partial charge < -0.3 is 11.1 Å². The van der Waals surface area contributed by atoms with Crippen molar-refractivity contribution in [2.45, 2.75) is 31.6 Å². The monoisotopic (exact) mass is 439 g/mol. The summed E-state index contributed by atoms with van der Waals surface area (Å²) >= 11 is 0. The van der Waals surface area contributed by atoms with Crippen LogP contribution in [0.1, 0.15) is 35.5 Å². The number of rotatable bonds is 6. The van der Waals surface area contributed by atoms with Crippen LogP contribution in [0.5, 0.6) is 0 Å². The van der Waals surface area contributed by atoms with Gasteiger partial charge >= 0.3 is 0 Å². The molecule has 1 amide bonds. The molecule has 1 aliphatic rings. The molecule has 8 nitrogen and oxygen atoms in total. The van der Waals surface area contributed by atoms with Crippen LogP contribution in [0.3, 0.4) is 0 Å². The zero-order chi connectivity index (χ0) is 22.3. The number of nitrogens with two attached hydrogens (primary N) is 2. The number of aryl methyl sites for hydroxylation is 1. The van der Waals surface area contributed by atoms with Crippen molar-refractivity contribution in [2.75, 3.05) is 11.9 Å². The molecule has 0 bridgehead atoms. The first-order chi connectivity index (χ1) is 14.6. The van der Waals surface area contributed by atoms with E-state index < -0.39 is 15.9 Å². The van der Waals surface area contributed by atoms with Crippen LogP contribution in [0.15, 0.2) is 47.4 Å². The van der Waals surface area contributed by atoms with Crippen LogP contribution in [-0.4, -0.2) is 30.7 Å². The maximum Gasteiger partial charge on any atom is 0.269 e. The molecule has 0 unspecified atom stereocenters. The molecule has 162 valence electrons. The lowest BCUT2D eigenvalue weighted by atomic mass is 9.88. The Kier molecular flexibility index (Phi) is 5.32. The summed E-state index contributed by atoms with van der Waals surface area (Å²) in [4.78, 5) is 12.1. The Morgan fingerprint density at radius 1 is 1.16 bits per heavy atom. The minimum absolute atomic E-state index is 0.00738. The van der Waals surface area contributed by atoms with Crippen molar-refractivity contribution >= 4 is 21.6 Å². The second kappa shape index (κ2) is 7.82. The predicted molar refractivity (Wildman–Crippen MR) is 120 cm³/mol. The van der Waals surface area contributed by atoms with Crippen molar-refractivity contribution in [3.8, 4) is 16.9 Å². The number of hydrogen-bond acceptors (Lipinski definition) is 5. The molecule has 1 heterocycles. The normalized spacial score (nSPS) is 13.0. The molecule has 0 saturated heterocycles. The van der Waals surface area contributed by atoms with Crippen molar-refractivity contribution in [1.29, 1.82) is 0 Å². The number of anilines is 1. The molecule has 0 aliphatic heterocycles. The van der Waals surface area contributed by atoms with Crippen molar-refractivity contribution in [3.05, 3.63) is 59.3 Å². The van der Waals surface area contributed by atoms with E-state index in [1.54, 1.807) is 16.8 Å². The Hall–Kier alpha value is -3.17. The SMILES string of the molecule is CC(C)CNc1ccc2c(c1)-c1c(c(C(N)=O)nn1-c1ccc(S(N)(=O)=O)cc1)CC2. The number of primary amides is 1. The van der Waals surface area contributed by atoms with Gasteiger partial charge in [0.05, 0.1) is 16.3 Å². The highest BCUT2D eigenvalue weighted by Crippen LogP contribution is 2.38. The van der Waals surface area contributed by atoms with Crippen LogP contribution in [0, 0.1) is 5.92 Å². The van der Waals surface area contributed by atoms with Crippen molar-refractivity contribution in [3.63, 3.8) is 0 Å². The molecule has 2 aromatic carbocycles. The third kappa shape index (κ3) is 4.06. The number of aromatic nitrogens is 2. The van der Waals surface area contributed by atoms with Crippen molar-refractivity contribution < 1.29 is 13.2 Å². The number of nitrogens with zero attached hydrogens (tertiary/aromatic N) is 2. The van der Waals surface area contributed by atoms with E-state index in [0.717, 1.165) is 41.0 Å². The van der Waals surface area contributed by atoms with Crippen LogP contribution in [0.2, 0.25) is 0 Å². The van der Waals surface area contributed by atoms with E-state index in [1.165, 1.54) is 12.1 Å². The lowest BCUT2D eigenvalue weighted by Gasteiger charge is -2.20. The van der Waals surface area contributed by atoms with Crippen molar-refractivity contribution in [1.82, 2.24) is 9.78 Å². The summed E-state index contributed by atoms with van der Waals surface area (Å²) in [5.74, 6) is -0.0929. The molecule has 9 heteroatoms. The summed E-state index contributed by atoms with van der Waals surface area (Å²) in [6, 6.07) is 12.3. The standard InChI is InChI=1S/C22H25N5O3S/c1-13(2)12-25-15-5-3-14-4-10-18-20(22(23)28)26-27(21(18)19(14)11-15)16-6-8-17(9-7-16)31(24,29)30/h3,5-9,11,13,25H,4,10,12H2,1-2H3,(H2,23,28)(H2,24,29,30). The highest BCUT2D eigenvalue weighted by Gasteiger charge is 2.28. The Morgan fingerprint density at radius 3 is 2.48 bits per heavy atom. The van der Waals surface area contributed by atoms with Gasteiger partial charge in [0.1, 0.15) is 0 Å². The van der Waals surface area contributed by atoms with Gasteiger partial charge in [0, 0.05) is 23.4 Å². The summed E-state index contributed by atoms with van der Waals surface area (Å²) in [5, 5.41) is 13.1. The van der Waals surface area contributed by atoms with Gasteiger partial charge in [-0.3, -0.25) is 4.79 Å². The third-order valence-electron chi connectivity index (χ3n) is 5.35. The van der Waals surface area contributed by atoms with Gasteiger partial charge in [0.2, 0.25) is 10.0 Å². The lowest BCUT2D eigenvalue weighted by molar-refractivity contribution is 0.0994. The number of sulfonamides is 1. The third-order valence-corrected chi connectivity index (χ3v) is 6.28. The van der Waals surface area contributed by atoms with E-state index in [2.05, 4.69) is 42.5 Å². The van der Waals surface area contributed by atoms with Gasteiger partial charge in [0.25, 0.3) is 5.91 Å². The molecule has 4 rings (SSSR count). The van der Waals surface area contributed by atoms with Crippen LogP contribution in [-0.2, 0) is 22.9 Å². The topological polar surface area (TPSA) is 133 Å². The Balaban J connectivity index is 1.87. The lowest BCUT2D eigenvalue weighted by Crippen LogP contribution is -2.15. The number of nitrogens with one attached hydrogen (secondary N) is 1. The fourth-order valence-electron chi connectivity index (χ4n) is 3.83. The second-order valence-corrected chi connectivity index (χ2v) is 9.70.